The highest BCUT2D eigenvalue weighted by atomic mass is 32.1. The Balaban J connectivity index is 1.61. The van der Waals surface area contributed by atoms with Crippen LogP contribution >= 0.6 is 11.5 Å². The lowest BCUT2D eigenvalue weighted by Crippen LogP contribution is -2.30. The van der Waals surface area contributed by atoms with Gasteiger partial charge in [-0.2, -0.15) is 4.37 Å². The summed E-state index contributed by atoms with van der Waals surface area (Å²) in [6.45, 7) is 4.05. The van der Waals surface area contributed by atoms with E-state index in [1.54, 1.807) is 0 Å². The Morgan fingerprint density at radius 3 is 2.81 bits per heavy atom. The molecule has 0 unspecified atom stereocenters. The number of urea groups is 1. The molecule has 8 heteroatoms. The second-order valence-corrected chi connectivity index (χ2v) is 5.81. The van der Waals surface area contributed by atoms with E-state index in [2.05, 4.69) is 19.9 Å². The van der Waals surface area contributed by atoms with Crippen LogP contribution in [0.25, 0.3) is 0 Å². The largest absolute Gasteiger partial charge is 0.478 e. The van der Waals surface area contributed by atoms with Crippen molar-refractivity contribution in [2.45, 2.75) is 25.7 Å². The molecule has 1 saturated heterocycles. The summed E-state index contributed by atoms with van der Waals surface area (Å²) in [5.41, 5.74) is 0.0178. The van der Waals surface area contributed by atoms with Crippen LogP contribution in [0.15, 0.2) is 6.20 Å². The molecule has 116 valence electrons. The molecule has 0 aromatic carbocycles. The van der Waals surface area contributed by atoms with Gasteiger partial charge in [0.15, 0.2) is 0 Å². The van der Waals surface area contributed by atoms with Crippen molar-refractivity contribution in [3.8, 4) is 0 Å². The van der Waals surface area contributed by atoms with Crippen LogP contribution in [0.1, 0.15) is 36.0 Å². The van der Waals surface area contributed by atoms with Crippen molar-refractivity contribution >= 4 is 28.5 Å². The number of hydrogen-bond acceptors (Lipinski definition) is 5. The molecule has 0 spiro atoms. The monoisotopic (exact) mass is 312 g/mol. The summed E-state index contributed by atoms with van der Waals surface area (Å²) in [6.07, 6.45) is 5.79. The van der Waals surface area contributed by atoms with Crippen LogP contribution in [0.5, 0.6) is 0 Å². The molecular formula is C13H20N4O3S. The molecule has 1 aliphatic rings. The van der Waals surface area contributed by atoms with Crippen LogP contribution in [-0.4, -0.2) is 52.6 Å². The highest BCUT2D eigenvalue weighted by Crippen LogP contribution is 2.19. The molecule has 0 atom stereocenters. The second kappa shape index (κ2) is 7.94. The van der Waals surface area contributed by atoms with Crippen LogP contribution in [0.2, 0.25) is 0 Å². The van der Waals surface area contributed by atoms with E-state index in [1.807, 2.05) is 0 Å². The van der Waals surface area contributed by atoms with Gasteiger partial charge < -0.3 is 15.3 Å². The van der Waals surface area contributed by atoms with E-state index >= 15 is 0 Å². The van der Waals surface area contributed by atoms with E-state index in [-0.39, 0.29) is 16.6 Å². The molecule has 0 aliphatic carbocycles. The number of carboxylic acid groups (broad SMARTS) is 1. The number of rotatable bonds is 7. The molecule has 1 aliphatic heterocycles. The van der Waals surface area contributed by atoms with E-state index < -0.39 is 5.97 Å². The van der Waals surface area contributed by atoms with E-state index in [9.17, 15) is 9.59 Å². The predicted molar refractivity (Wildman–Crippen MR) is 81.0 cm³/mol. The van der Waals surface area contributed by atoms with Crippen molar-refractivity contribution in [1.29, 1.82) is 0 Å². The van der Waals surface area contributed by atoms with Crippen molar-refractivity contribution in [2.24, 2.45) is 0 Å². The van der Waals surface area contributed by atoms with Gasteiger partial charge in [0.2, 0.25) is 0 Å². The van der Waals surface area contributed by atoms with Gasteiger partial charge in [0.1, 0.15) is 10.6 Å². The number of anilines is 1. The fourth-order valence-electron chi connectivity index (χ4n) is 2.30. The molecule has 1 aromatic heterocycles. The summed E-state index contributed by atoms with van der Waals surface area (Å²) in [4.78, 5) is 25.0. The summed E-state index contributed by atoms with van der Waals surface area (Å²) < 4.78 is 3.76. The number of hydrogen-bond donors (Lipinski definition) is 3. The third-order valence-electron chi connectivity index (χ3n) is 3.41. The van der Waals surface area contributed by atoms with E-state index in [0.717, 1.165) is 30.9 Å². The minimum atomic E-state index is -1.09. The minimum Gasteiger partial charge on any atom is -0.478 e. The van der Waals surface area contributed by atoms with Crippen LogP contribution < -0.4 is 10.6 Å². The molecule has 1 fully saturated rings. The average Bonchev–Trinajstić information content (AvgIpc) is 3.09. The first-order chi connectivity index (χ1) is 10.2. The van der Waals surface area contributed by atoms with Gasteiger partial charge in [-0.15, -0.1) is 0 Å². The molecular weight excluding hydrogens is 292 g/mol. The van der Waals surface area contributed by atoms with Crippen LogP contribution in [0.3, 0.4) is 0 Å². The number of amides is 2. The third kappa shape index (κ3) is 4.98. The van der Waals surface area contributed by atoms with Gasteiger partial charge in [-0.3, -0.25) is 5.32 Å². The summed E-state index contributed by atoms with van der Waals surface area (Å²) in [6, 6.07) is -0.386. The maximum atomic E-state index is 11.7. The summed E-state index contributed by atoms with van der Waals surface area (Å²) >= 11 is 0.957. The van der Waals surface area contributed by atoms with Crippen molar-refractivity contribution in [3.05, 3.63) is 11.8 Å². The van der Waals surface area contributed by atoms with E-state index in [4.69, 9.17) is 5.11 Å². The van der Waals surface area contributed by atoms with Crippen molar-refractivity contribution in [3.63, 3.8) is 0 Å². The smallest absolute Gasteiger partial charge is 0.340 e. The third-order valence-corrected chi connectivity index (χ3v) is 4.13. The number of carboxylic acids is 1. The van der Waals surface area contributed by atoms with Gasteiger partial charge in [-0.05, 0) is 56.9 Å². The topological polar surface area (TPSA) is 94.6 Å². The zero-order valence-corrected chi connectivity index (χ0v) is 12.6. The molecule has 2 rings (SSSR count). The van der Waals surface area contributed by atoms with Crippen molar-refractivity contribution < 1.29 is 14.7 Å². The molecule has 2 heterocycles. The number of aromatic nitrogens is 1. The number of carbonyl (C=O) groups excluding carboxylic acids is 1. The number of unbranched alkanes of at least 4 members (excludes halogenated alkanes) is 1. The Kier molecular flexibility index (Phi) is 5.94. The molecule has 7 nitrogen and oxygen atoms in total. The maximum absolute atomic E-state index is 11.7. The zero-order valence-electron chi connectivity index (χ0n) is 11.8. The number of nitrogens with one attached hydrogen (secondary N) is 2. The summed E-state index contributed by atoms with van der Waals surface area (Å²) in [5.74, 6) is -1.09. The summed E-state index contributed by atoms with van der Waals surface area (Å²) in [5, 5.41) is 14.4. The molecule has 0 radical (unpaired) electrons. The number of carbonyl (C=O) groups is 2. The lowest BCUT2D eigenvalue weighted by molar-refractivity contribution is 0.0698. The Hall–Kier alpha value is -1.67. The highest BCUT2D eigenvalue weighted by Gasteiger charge is 2.15. The van der Waals surface area contributed by atoms with Crippen LogP contribution in [0.4, 0.5) is 9.80 Å². The Morgan fingerprint density at radius 2 is 2.10 bits per heavy atom. The van der Waals surface area contributed by atoms with Crippen LogP contribution in [-0.2, 0) is 0 Å². The van der Waals surface area contributed by atoms with Gasteiger partial charge in [0.05, 0.1) is 6.20 Å². The van der Waals surface area contributed by atoms with Crippen molar-refractivity contribution in [1.82, 2.24) is 14.6 Å². The van der Waals surface area contributed by atoms with Gasteiger partial charge in [0.25, 0.3) is 0 Å². The zero-order chi connectivity index (χ0) is 15.1. The number of nitrogens with zero attached hydrogens (tertiary/aromatic N) is 2. The first-order valence-electron chi connectivity index (χ1n) is 7.12. The first kappa shape index (κ1) is 15.7. The van der Waals surface area contributed by atoms with Gasteiger partial charge in [0, 0.05) is 6.54 Å². The summed E-state index contributed by atoms with van der Waals surface area (Å²) in [7, 11) is 0. The second-order valence-electron chi connectivity index (χ2n) is 5.01. The van der Waals surface area contributed by atoms with Gasteiger partial charge >= 0.3 is 12.0 Å². The predicted octanol–water partition coefficient (Wildman–Crippen LogP) is 1.84. The Morgan fingerprint density at radius 1 is 1.33 bits per heavy atom. The fraction of sp³-hybridized carbons (Fsp3) is 0.615. The molecule has 3 N–H and O–H groups in total. The molecule has 21 heavy (non-hydrogen) atoms. The normalized spacial score (nSPS) is 15.0. The molecule has 0 bridgehead atoms. The van der Waals surface area contributed by atoms with Gasteiger partial charge in [-0.25, -0.2) is 9.59 Å². The first-order valence-corrected chi connectivity index (χ1v) is 7.89. The molecule has 0 saturated carbocycles. The van der Waals surface area contributed by atoms with E-state index in [1.165, 1.54) is 32.1 Å². The van der Waals surface area contributed by atoms with E-state index in [0.29, 0.717) is 6.54 Å². The van der Waals surface area contributed by atoms with Crippen LogP contribution in [0, 0.1) is 0 Å². The minimum absolute atomic E-state index is 0.0178. The lowest BCUT2D eigenvalue weighted by Gasteiger charge is -2.14. The number of aromatic carboxylic acids is 1. The standard InChI is InChI=1S/C13H20N4O3S/c18-12(19)10-9-15-21-11(10)16-13(20)14-5-1-2-6-17-7-3-4-8-17/h9H,1-8H2,(H,18,19)(H2,14,16,20). The molecule has 1 aromatic rings. The average molecular weight is 312 g/mol. The van der Waals surface area contributed by atoms with Crippen molar-refractivity contribution in [2.75, 3.05) is 31.5 Å². The SMILES string of the molecule is O=C(NCCCCN1CCCC1)Nc1sncc1C(=O)O. The Labute approximate surface area is 127 Å². The number of likely N-dealkylation sites (tertiary alicyclic amines) is 1. The Bertz CT molecular complexity index is 486. The van der Waals surface area contributed by atoms with Gasteiger partial charge in [-0.1, -0.05) is 0 Å². The molecule has 2 amide bonds. The maximum Gasteiger partial charge on any atom is 0.340 e. The quantitative estimate of drug-likeness (QED) is 0.668. The lowest BCUT2D eigenvalue weighted by atomic mass is 10.3. The highest BCUT2D eigenvalue weighted by molar-refractivity contribution is 7.10. The fourth-order valence-corrected chi connectivity index (χ4v) is 2.94.